The molecule has 3 aromatic heterocycles. The predicted molar refractivity (Wildman–Crippen MR) is 129 cm³/mol. The molecule has 0 fully saturated rings. The summed E-state index contributed by atoms with van der Waals surface area (Å²) in [5.41, 5.74) is 4.77. The van der Waals surface area contributed by atoms with Crippen LogP contribution in [0.5, 0.6) is 0 Å². The van der Waals surface area contributed by atoms with E-state index in [4.69, 9.17) is 4.98 Å². The van der Waals surface area contributed by atoms with E-state index >= 15 is 0 Å². The molecule has 32 heavy (non-hydrogen) atoms. The Labute approximate surface area is 194 Å². The van der Waals surface area contributed by atoms with Crippen molar-refractivity contribution in [3.63, 3.8) is 0 Å². The van der Waals surface area contributed by atoms with Crippen LogP contribution in [0.25, 0.3) is 15.9 Å². The highest BCUT2D eigenvalue weighted by atomic mass is 32.2. The minimum Gasteiger partial charge on any atom is -0.318 e. The van der Waals surface area contributed by atoms with Gasteiger partial charge in [0.05, 0.1) is 5.75 Å². The quantitative estimate of drug-likeness (QED) is 0.194. The Morgan fingerprint density at radius 2 is 1.88 bits per heavy atom. The van der Waals surface area contributed by atoms with Gasteiger partial charge in [-0.05, 0) is 82.3 Å². The molecule has 0 N–H and O–H groups in total. The number of thioether (sulfide) groups is 1. The van der Waals surface area contributed by atoms with Crippen molar-refractivity contribution >= 4 is 39.1 Å². The zero-order valence-electron chi connectivity index (χ0n) is 18.4. The summed E-state index contributed by atoms with van der Waals surface area (Å²) >= 11 is 3.30. The molecule has 0 aliphatic heterocycles. The van der Waals surface area contributed by atoms with E-state index in [0.29, 0.717) is 11.3 Å². The number of benzene rings is 1. The van der Waals surface area contributed by atoms with Crippen molar-refractivity contribution in [3.8, 4) is 5.69 Å². The topological polar surface area (TPSA) is 47.8 Å². The Morgan fingerprint density at radius 3 is 2.66 bits per heavy atom. The van der Waals surface area contributed by atoms with Crippen molar-refractivity contribution in [1.82, 2.24) is 14.5 Å². The number of hydrogen-bond acceptors (Lipinski definition) is 5. The van der Waals surface area contributed by atoms with E-state index in [-0.39, 0.29) is 11.6 Å². The summed E-state index contributed by atoms with van der Waals surface area (Å²) in [6, 6.07) is 8.28. The molecule has 164 valence electrons. The molecular weight excluding hydrogens is 441 g/mol. The van der Waals surface area contributed by atoms with Crippen molar-refractivity contribution in [2.75, 3.05) is 5.75 Å². The van der Waals surface area contributed by atoms with E-state index in [2.05, 4.69) is 4.98 Å². The third-order valence-corrected chi connectivity index (χ3v) is 8.21. The van der Waals surface area contributed by atoms with Gasteiger partial charge in [0.1, 0.15) is 21.5 Å². The lowest BCUT2D eigenvalue weighted by atomic mass is 9.97. The molecule has 0 saturated heterocycles. The first-order chi connectivity index (χ1) is 15.4. The number of ketones is 1. The van der Waals surface area contributed by atoms with Gasteiger partial charge in [0.15, 0.2) is 5.78 Å². The third kappa shape index (κ3) is 3.77. The molecule has 4 nitrogen and oxygen atoms in total. The number of nitrogens with zero attached hydrogens (tertiary/aromatic N) is 3. The number of rotatable bonds is 5. The summed E-state index contributed by atoms with van der Waals surface area (Å²) in [6.07, 6.45) is 4.62. The van der Waals surface area contributed by atoms with E-state index in [1.165, 1.54) is 47.2 Å². The van der Waals surface area contributed by atoms with Gasteiger partial charge in [-0.25, -0.2) is 14.4 Å². The lowest BCUT2D eigenvalue weighted by Crippen LogP contribution is -2.06. The van der Waals surface area contributed by atoms with Crippen molar-refractivity contribution in [2.24, 2.45) is 0 Å². The first-order valence-electron chi connectivity index (χ1n) is 10.8. The molecule has 0 atom stereocenters. The average Bonchev–Trinajstić information content (AvgIpc) is 3.29. The summed E-state index contributed by atoms with van der Waals surface area (Å²) in [6.45, 7) is 5.83. The maximum atomic E-state index is 13.3. The van der Waals surface area contributed by atoms with Crippen molar-refractivity contribution in [1.29, 1.82) is 0 Å². The van der Waals surface area contributed by atoms with Gasteiger partial charge in [0.25, 0.3) is 0 Å². The summed E-state index contributed by atoms with van der Waals surface area (Å²) in [4.78, 5) is 25.1. The summed E-state index contributed by atoms with van der Waals surface area (Å²) in [5, 5.41) is 2.08. The number of carbonyl (C=O) groups is 1. The van der Waals surface area contributed by atoms with Crippen LogP contribution in [-0.4, -0.2) is 26.1 Å². The molecule has 0 radical (unpaired) electrons. The Bertz CT molecular complexity index is 1340. The highest BCUT2D eigenvalue weighted by Gasteiger charge is 2.22. The van der Waals surface area contributed by atoms with Gasteiger partial charge in [-0.15, -0.1) is 11.3 Å². The van der Waals surface area contributed by atoms with Gasteiger partial charge in [-0.1, -0.05) is 11.8 Å². The van der Waals surface area contributed by atoms with Crippen LogP contribution in [0.4, 0.5) is 4.39 Å². The largest absolute Gasteiger partial charge is 0.318 e. The van der Waals surface area contributed by atoms with Gasteiger partial charge >= 0.3 is 0 Å². The lowest BCUT2D eigenvalue weighted by molar-refractivity contribution is 0.102. The Morgan fingerprint density at radius 1 is 1.12 bits per heavy atom. The molecule has 1 aliphatic carbocycles. The maximum absolute atomic E-state index is 13.3. The number of aromatic nitrogens is 3. The standard InChI is InChI=1S/C25H24FN3OS2/c1-14-12-20(15(2)29(14)18-10-8-17(26)9-11-18)21(30)13-31-24-23-19-6-4-5-7-22(19)32-25(23)28-16(3)27-24/h8-12H,4-7,13H2,1-3H3. The van der Waals surface area contributed by atoms with Crippen LogP contribution in [-0.2, 0) is 12.8 Å². The van der Waals surface area contributed by atoms with E-state index in [1.807, 2.05) is 31.4 Å². The molecule has 0 spiro atoms. The van der Waals surface area contributed by atoms with Crippen LogP contribution < -0.4 is 0 Å². The number of carbonyl (C=O) groups excluding carboxylic acids is 1. The summed E-state index contributed by atoms with van der Waals surface area (Å²) in [5.74, 6) is 0.876. The third-order valence-electron chi connectivity index (χ3n) is 6.05. The van der Waals surface area contributed by atoms with Crippen LogP contribution >= 0.6 is 23.1 Å². The summed E-state index contributed by atoms with van der Waals surface area (Å²) in [7, 11) is 0. The van der Waals surface area contributed by atoms with E-state index in [1.54, 1.807) is 23.5 Å². The SMILES string of the molecule is Cc1nc(SCC(=O)c2cc(C)n(-c3ccc(F)cc3)c2C)c2c3c(sc2n1)CCCC3. The minimum absolute atomic E-state index is 0.0741. The fourth-order valence-corrected chi connectivity index (χ4v) is 6.93. The van der Waals surface area contributed by atoms with Crippen LogP contribution in [0.2, 0.25) is 0 Å². The van der Waals surface area contributed by atoms with Gasteiger partial charge < -0.3 is 4.57 Å². The second-order valence-electron chi connectivity index (χ2n) is 8.28. The molecular formula is C25H24FN3OS2. The fourth-order valence-electron chi connectivity index (χ4n) is 4.57. The van der Waals surface area contributed by atoms with Gasteiger partial charge in [0, 0.05) is 32.9 Å². The average molecular weight is 466 g/mol. The molecule has 4 aromatic rings. The molecule has 3 heterocycles. The highest BCUT2D eigenvalue weighted by molar-refractivity contribution is 8.00. The molecule has 0 bridgehead atoms. The monoisotopic (exact) mass is 465 g/mol. The molecule has 0 unspecified atom stereocenters. The normalized spacial score (nSPS) is 13.5. The van der Waals surface area contributed by atoms with E-state index in [0.717, 1.165) is 51.0 Å². The molecule has 0 saturated carbocycles. The van der Waals surface area contributed by atoms with Gasteiger partial charge in [0.2, 0.25) is 0 Å². The van der Waals surface area contributed by atoms with Crippen LogP contribution in [0.15, 0.2) is 35.4 Å². The van der Waals surface area contributed by atoms with Gasteiger partial charge in [-0.2, -0.15) is 0 Å². The van der Waals surface area contributed by atoms with E-state index in [9.17, 15) is 9.18 Å². The molecule has 1 aliphatic rings. The second kappa shape index (κ2) is 8.45. The zero-order valence-corrected chi connectivity index (χ0v) is 20.0. The number of Topliss-reactive ketones (excluding diaryl/α,β-unsaturated/α-hetero) is 1. The highest BCUT2D eigenvalue weighted by Crippen LogP contribution is 2.39. The number of hydrogen-bond donors (Lipinski definition) is 0. The summed E-state index contributed by atoms with van der Waals surface area (Å²) < 4.78 is 15.3. The first-order valence-corrected chi connectivity index (χ1v) is 12.6. The Balaban J connectivity index is 1.43. The van der Waals surface area contributed by atoms with Crippen molar-refractivity contribution in [2.45, 2.75) is 51.5 Å². The number of thiophene rings is 1. The molecule has 7 heteroatoms. The van der Waals surface area contributed by atoms with Crippen LogP contribution in [0, 0.1) is 26.6 Å². The maximum Gasteiger partial charge on any atom is 0.174 e. The second-order valence-corrected chi connectivity index (χ2v) is 10.3. The van der Waals surface area contributed by atoms with Crippen molar-refractivity contribution < 1.29 is 9.18 Å². The Hall–Kier alpha value is -2.51. The first kappa shape index (κ1) is 21.3. The van der Waals surface area contributed by atoms with Crippen LogP contribution in [0.3, 0.4) is 0 Å². The van der Waals surface area contributed by atoms with Crippen molar-refractivity contribution in [3.05, 3.63) is 69.4 Å². The minimum atomic E-state index is -0.272. The zero-order chi connectivity index (χ0) is 22.4. The number of aryl methyl sites for hydroxylation is 4. The number of halogens is 1. The number of fused-ring (bicyclic) bond motifs is 3. The van der Waals surface area contributed by atoms with E-state index < -0.39 is 0 Å². The molecule has 1 aromatic carbocycles. The molecule has 5 rings (SSSR count). The van der Waals surface area contributed by atoms with Gasteiger partial charge in [-0.3, -0.25) is 4.79 Å². The fraction of sp³-hybridized carbons (Fsp3) is 0.320. The molecule has 0 amide bonds. The van der Waals surface area contributed by atoms with Crippen LogP contribution in [0.1, 0.15) is 50.9 Å². The lowest BCUT2D eigenvalue weighted by Gasteiger charge is -2.12. The Kier molecular flexibility index (Phi) is 5.63. The predicted octanol–water partition coefficient (Wildman–Crippen LogP) is 6.40. The smallest absolute Gasteiger partial charge is 0.174 e.